The first-order chi connectivity index (χ1) is 12.9. The molecule has 1 aromatic carbocycles. The van der Waals surface area contributed by atoms with Gasteiger partial charge in [-0.1, -0.05) is 57.1 Å². The molecule has 3 aliphatic rings. The molecule has 3 atom stereocenters. The number of rotatable bonds is 1. The Bertz CT molecular complexity index is 865. The van der Waals surface area contributed by atoms with Gasteiger partial charge < -0.3 is 4.90 Å². The van der Waals surface area contributed by atoms with Gasteiger partial charge in [0.1, 0.15) is 10.0 Å². The van der Waals surface area contributed by atoms with E-state index in [2.05, 4.69) is 61.1 Å². The fourth-order valence-corrected chi connectivity index (χ4v) is 6.87. The average molecular weight is 382 g/mol. The third-order valence-corrected chi connectivity index (χ3v) is 8.83. The van der Waals surface area contributed by atoms with E-state index in [1.807, 2.05) is 0 Å². The second-order valence-corrected chi connectivity index (χ2v) is 11.0. The van der Waals surface area contributed by atoms with Gasteiger partial charge in [0.2, 0.25) is 0 Å². The Kier molecular flexibility index (Phi) is 4.04. The predicted octanol–water partition coefficient (Wildman–Crippen LogP) is 5.19. The molecule has 5 rings (SSSR count). The number of fused-ring (bicyclic) bond motifs is 1. The van der Waals surface area contributed by atoms with Crippen LogP contribution in [0.3, 0.4) is 0 Å². The fraction of sp³-hybridized carbons (Fsp3) is 0.652. The number of hydrogen-bond acceptors (Lipinski definition) is 4. The van der Waals surface area contributed by atoms with Gasteiger partial charge in [0.25, 0.3) is 0 Å². The highest BCUT2D eigenvalue weighted by molar-refractivity contribution is 7.14. The molecular formula is C23H31N3S. The van der Waals surface area contributed by atoms with Crippen molar-refractivity contribution < 1.29 is 0 Å². The van der Waals surface area contributed by atoms with Crippen LogP contribution in [0.5, 0.6) is 0 Å². The maximum absolute atomic E-state index is 4.56. The Morgan fingerprint density at radius 3 is 2.78 bits per heavy atom. The van der Waals surface area contributed by atoms with Crippen molar-refractivity contribution in [3.63, 3.8) is 0 Å². The molecule has 144 valence electrons. The largest absolute Gasteiger partial charge is 0.303 e. The van der Waals surface area contributed by atoms with E-state index in [-0.39, 0.29) is 5.41 Å². The normalized spacial score (nSPS) is 30.7. The van der Waals surface area contributed by atoms with E-state index >= 15 is 0 Å². The molecule has 1 saturated carbocycles. The summed E-state index contributed by atoms with van der Waals surface area (Å²) in [6.07, 6.45) is 8.14. The van der Waals surface area contributed by atoms with Crippen molar-refractivity contribution in [2.75, 3.05) is 13.6 Å². The molecule has 1 unspecified atom stereocenters. The summed E-state index contributed by atoms with van der Waals surface area (Å²) in [5.41, 5.74) is 5.00. The lowest BCUT2D eigenvalue weighted by Gasteiger charge is -2.58. The number of benzene rings is 1. The maximum Gasteiger partial charge on any atom is 0.147 e. The second kappa shape index (κ2) is 6.12. The lowest BCUT2D eigenvalue weighted by molar-refractivity contribution is 0.00290. The van der Waals surface area contributed by atoms with Gasteiger partial charge in [0.15, 0.2) is 0 Å². The van der Waals surface area contributed by atoms with Crippen molar-refractivity contribution in [1.82, 2.24) is 15.1 Å². The molecule has 1 aliphatic heterocycles. The molecular weight excluding hydrogens is 350 g/mol. The molecule has 2 aliphatic carbocycles. The Balaban J connectivity index is 1.60. The van der Waals surface area contributed by atoms with E-state index in [1.54, 1.807) is 22.5 Å². The molecule has 1 aromatic heterocycles. The molecule has 27 heavy (non-hydrogen) atoms. The number of nitrogens with zero attached hydrogens (tertiary/aromatic N) is 3. The van der Waals surface area contributed by atoms with Crippen molar-refractivity contribution in [2.24, 2.45) is 5.92 Å². The Hall–Kier alpha value is -1.26. The summed E-state index contributed by atoms with van der Waals surface area (Å²) in [5.74, 6) is 0.840. The van der Waals surface area contributed by atoms with Gasteiger partial charge >= 0.3 is 0 Å². The highest BCUT2D eigenvalue weighted by Crippen LogP contribution is 2.56. The standard InChI is InChI=1S/C23H31N3S/c1-22(2,3)21-25-24-20(27-21)16-9-8-15-14-19-17-7-5-6-10-23(17,18(15)13-16)11-12-26(19)4/h8-9,13,17,19H,5-7,10-12,14H2,1-4H3/t17?,19-,23-/m0/s1. The van der Waals surface area contributed by atoms with Gasteiger partial charge in [-0.2, -0.15) is 0 Å². The van der Waals surface area contributed by atoms with E-state index < -0.39 is 0 Å². The first-order valence-electron chi connectivity index (χ1n) is 10.6. The van der Waals surface area contributed by atoms with Crippen LogP contribution in [0.15, 0.2) is 18.2 Å². The van der Waals surface area contributed by atoms with Gasteiger partial charge in [-0.25, -0.2) is 0 Å². The Morgan fingerprint density at radius 1 is 1.15 bits per heavy atom. The van der Waals surface area contributed by atoms with Crippen LogP contribution < -0.4 is 0 Å². The zero-order valence-corrected chi connectivity index (χ0v) is 17.9. The smallest absolute Gasteiger partial charge is 0.147 e. The first kappa shape index (κ1) is 17.8. The van der Waals surface area contributed by atoms with Crippen LogP contribution in [-0.4, -0.2) is 34.7 Å². The van der Waals surface area contributed by atoms with Gasteiger partial charge in [-0.3, -0.25) is 0 Å². The van der Waals surface area contributed by atoms with Crippen LogP contribution in [0.2, 0.25) is 0 Å². The van der Waals surface area contributed by atoms with Crippen molar-refractivity contribution in [1.29, 1.82) is 0 Å². The lowest BCUT2D eigenvalue weighted by atomic mass is 9.52. The van der Waals surface area contributed by atoms with Crippen LogP contribution >= 0.6 is 11.3 Å². The van der Waals surface area contributed by atoms with Gasteiger partial charge in [-0.15, -0.1) is 10.2 Å². The highest BCUT2D eigenvalue weighted by Gasteiger charge is 2.53. The molecule has 0 N–H and O–H groups in total. The van der Waals surface area contributed by atoms with E-state index in [0.717, 1.165) is 22.0 Å². The predicted molar refractivity (Wildman–Crippen MR) is 112 cm³/mol. The quantitative estimate of drug-likeness (QED) is 0.680. The first-order valence-corrected chi connectivity index (χ1v) is 11.4. The molecule has 0 amide bonds. The lowest BCUT2D eigenvalue weighted by Crippen LogP contribution is -2.59. The minimum Gasteiger partial charge on any atom is -0.303 e. The summed E-state index contributed by atoms with van der Waals surface area (Å²) in [6.45, 7) is 7.90. The van der Waals surface area contributed by atoms with Crippen LogP contribution in [0.4, 0.5) is 0 Å². The molecule has 1 saturated heterocycles. The zero-order chi connectivity index (χ0) is 18.8. The summed E-state index contributed by atoms with van der Waals surface area (Å²) in [7, 11) is 2.35. The van der Waals surface area contributed by atoms with Crippen LogP contribution in [-0.2, 0) is 17.3 Å². The van der Waals surface area contributed by atoms with Gasteiger partial charge in [0, 0.05) is 22.4 Å². The highest BCUT2D eigenvalue weighted by atomic mass is 32.1. The number of likely N-dealkylation sites (tertiary alicyclic amines) is 1. The van der Waals surface area contributed by atoms with E-state index in [1.165, 1.54) is 50.6 Å². The second-order valence-electron chi connectivity index (χ2n) is 10.0. The molecule has 3 nitrogen and oxygen atoms in total. The zero-order valence-electron chi connectivity index (χ0n) is 17.1. The van der Waals surface area contributed by atoms with Crippen LogP contribution in [0.25, 0.3) is 10.6 Å². The molecule has 0 radical (unpaired) electrons. The number of aromatic nitrogens is 2. The topological polar surface area (TPSA) is 29.0 Å². The molecule has 2 heterocycles. The Morgan fingerprint density at radius 2 is 2.00 bits per heavy atom. The third-order valence-electron chi connectivity index (χ3n) is 7.43. The molecule has 2 fully saturated rings. The summed E-state index contributed by atoms with van der Waals surface area (Å²) >= 11 is 1.76. The van der Waals surface area contributed by atoms with Crippen molar-refractivity contribution in [3.05, 3.63) is 34.3 Å². The Labute approximate surface area is 167 Å². The number of hydrogen-bond donors (Lipinski definition) is 0. The summed E-state index contributed by atoms with van der Waals surface area (Å²) < 4.78 is 0. The number of piperidine rings is 1. The molecule has 4 heteroatoms. The summed E-state index contributed by atoms with van der Waals surface area (Å²) in [4.78, 5) is 2.64. The minimum absolute atomic E-state index is 0.0679. The van der Waals surface area contributed by atoms with Crippen molar-refractivity contribution >= 4 is 11.3 Å². The summed E-state index contributed by atoms with van der Waals surface area (Å²) in [6, 6.07) is 7.94. The number of likely N-dealkylation sites (N-methyl/N-ethyl adjacent to an activating group) is 1. The van der Waals surface area contributed by atoms with Gasteiger partial charge in [0.05, 0.1) is 0 Å². The van der Waals surface area contributed by atoms with Crippen molar-refractivity contribution in [2.45, 2.75) is 76.2 Å². The van der Waals surface area contributed by atoms with Crippen molar-refractivity contribution in [3.8, 4) is 10.6 Å². The van der Waals surface area contributed by atoms with Gasteiger partial charge in [-0.05, 0) is 62.4 Å². The molecule has 2 bridgehead atoms. The average Bonchev–Trinajstić information content (AvgIpc) is 3.15. The minimum atomic E-state index is 0.0679. The fourth-order valence-electron chi connectivity index (χ4n) is 5.97. The van der Waals surface area contributed by atoms with Crippen LogP contribution in [0, 0.1) is 5.92 Å². The molecule has 2 aromatic rings. The van der Waals surface area contributed by atoms with E-state index in [0.29, 0.717) is 5.41 Å². The van der Waals surface area contributed by atoms with Crippen LogP contribution in [0.1, 0.15) is 69.0 Å². The van der Waals surface area contributed by atoms with E-state index in [9.17, 15) is 0 Å². The summed E-state index contributed by atoms with van der Waals surface area (Å²) in [5, 5.41) is 11.3. The molecule has 0 spiro atoms. The monoisotopic (exact) mass is 381 g/mol. The third kappa shape index (κ3) is 2.71. The SMILES string of the molecule is CN1CC[C@@]23CCCCC2[C@@H]1Cc1ccc(-c2nnc(C(C)(C)C)s2)cc13. The maximum atomic E-state index is 4.56. The van der Waals surface area contributed by atoms with E-state index in [4.69, 9.17) is 0 Å².